The Labute approximate surface area is 85.0 Å². The van der Waals surface area contributed by atoms with Crippen LogP contribution in [0.15, 0.2) is 0 Å². The molecule has 2 heterocycles. The van der Waals surface area contributed by atoms with E-state index in [1.54, 1.807) is 11.2 Å². The topological polar surface area (TPSA) is 61.4 Å². The van der Waals surface area contributed by atoms with E-state index in [1.807, 2.05) is 0 Å². The Kier molecular flexibility index (Phi) is 2.79. The van der Waals surface area contributed by atoms with E-state index in [2.05, 4.69) is 10.0 Å². The fraction of sp³-hybridized carbons (Fsp3) is 1.00. The average molecular weight is 219 g/mol. The molecule has 0 aliphatic carbocycles. The maximum Gasteiger partial charge on any atom is 0.279 e. The Bertz CT molecular complexity index is 304. The minimum Gasteiger partial charge on any atom is -0.315 e. The first kappa shape index (κ1) is 10.4. The number of hydrogen-bond acceptors (Lipinski definition) is 3. The van der Waals surface area contributed by atoms with Gasteiger partial charge in [0.1, 0.15) is 0 Å². The van der Waals surface area contributed by atoms with Gasteiger partial charge in [0, 0.05) is 25.7 Å². The van der Waals surface area contributed by atoms with Crippen LogP contribution in [0.1, 0.15) is 13.3 Å². The van der Waals surface area contributed by atoms with Crippen LogP contribution in [0.3, 0.4) is 0 Å². The fourth-order valence-electron chi connectivity index (χ4n) is 2.37. The van der Waals surface area contributed by atoms with Gasteiger partial charge in [-0.25, -0.2) is 4.72 Å². The first-order chi connectivity index (χ1) is 6.65. The minimum atomic E-state index is -3.22. The molecular weight excluding hydrogens is 202 g/mol. The van der Waals surface area contributed by atoms with Gasteiger partial charge >= 0.3 is 0 Å². The summed E-state index contributed by atoms with van der Waals surface area (Å²) in [5, 5.41) is 3.23. The molecule has 6 heteroatoms. The molecular formula is C8H17N3O2S. The second kappa shape index (κ2) is 3.77. The summed E-state index contributed by atoms with van der Waals surface area (Å²) in [6.45, 7) is 4.70. The molecule has 0 unspecified atom stereocenters. The lowest BCUT2D eigenvalue weighted by Gasteiger charge is -2.22. The zero-order chi connectivity index (χ0) is 10.2. The highest BCUT2D eigenvalue weighted by Crippen LogP contribution is 2.28. The molecule has 2 aliphatic heterocycles. The summed E-state index contributed by atoms with van der Waals surface area (Å²) in [4.78, 5) is 0. The van der Waals surface area contributed by atoms with E-state index in [0.717, 1.165) is 19.5 Å². The summed E-state index contributed by atoms with van der Waals surface area (Å²) in [5.41, 5.74) is 0. The zero-order valence-corrected chi connectivity index (χ0v) is 9.18. The Balaban J connectivity index is 2.12. The molecule has 0 spiro atoms. The Morgan fingerprint density at radius 1 is 1.50 bits per heavy atom. The van der Waals surface area contributed by atoms with Crippen LogP contribution in [-0.2, 0) is 10.2 Å². The van der Waals surface area contributed by atoms with E-state index < -0.39 is 10.2 Å². The van der Waals surface area contributed by atoms with Crippen molar-refractivity contribution in [1.82, 2.24) is 14.3 Å². The van der Waals surface area contributed by atoms with Crippen LogP contribution in [0.25, 0.3) is 0 Å². The molecule has 0 aromatic rings. The van der Waals surface area contributed by atoms with Gasteiger partial charge in [0.05, 0.1) is 0 Å². The van der Waals surface area contributed by atoms with E-state index in [1.165, 1.54) is 0 Å². The standard InChI is InChI=1S/C8H17N3O2S/c1-2-10-14(12,13)11-4-3-7-5-9-6-8(7)11/h7-10H,2-6H2,1H3/t7-,8+/m0/s1. The van der Waals surface area contributed by atoms with E-state index in [9.17, 15) is 8.42 Å². The third-order valence-corrected chi connectivity index (χ3v) is 4.75. The van der Waals surface area contributed by atoms with Crippen LogP contribution in [0.4, 0.5) is 0 Å². The average Bonchev–Trinajstić information content (AvgIpc) is 2.60. The van der Waals surface area contributed by atoms with Crippen LogP contribution in [0, 0.1) is 5.92 Å². The molecule has 5 nitrogen and oxygen atoms in total. The van der Waals surface area contributed by atoms with Crippen molar-refractivity contribution < 1.29 is 8.42 Å². The fourth-order valence-corrected chi connectivity index (χ4v) is 3.85. The number of hydrogen-bond donors (Lipinski definition) is 2. The Morgan fingerprint density at radius 3 is 3.00 bits per heavy atom. The molecule has 0 saturated carbocycles. The summed E-state index contributed by atoms with van der Waals surface area (Å²) >= 11 is 0. The summed E-state index contributed by atoms with van der Waals surface area (Å²) in [5.74, 6) is 0.517. The third kappa shape index (κ3) is 1.67. The summed E-state index contributed by atoms with van der Waals surface area (Å²) < 4.78 is 27.7. The molecule has 2 saturated heterocycles. The maximum absolute atomic E-state index is 11.8. The highest BCUT2D eigenvalue weighted by Gasteiger charge is 2.42. The molecule has 0 aromatic heterocycles. The number of rotatable bonds is 3. The number of fused-ring (bicyclic) bond motifs is 1. The van der Waals surface area contributed by atoms with Gasteiger partial charge in [-0.05, 0) is 18.9 Å². The van der Waals surface area contributed by atoms with Gasteiger partial charge in [-0.3, -0.25) is 0 Å². The van der Waals surface area contributed by atoms with Crippen molar-refractivity contribution in [3.8, 4) is 0 Å². The van der Waals surface area contributed by atoms with Gasteiger partial charge in [-0.1, -0.05) is 6.92 Å². The predicted octanol–water partition coefficient (Wildman–Crippen LogP) is -0.866. The number of nitrogens with zero attached hydrogens (tertiary/aromatic N) is 1. The van der Waals surface area contributed by atoms with Gasteiger partial charge in [0.2, 0.25) is 0 Å². The van der Waals surface area contributed by atoms with Crippen molar-refractivity contribution >= 4 is 10.2 Å². The third-order valence-electron chi connectivity index (χ3n) is 3.03. The normalized spacial score (nSPS) is 33.5. The van der Waals surface area contributed by atoms with Crippen LogP contribution >= 0.6 is 0 Å². The van der Waals surface area contributed by atoms with Crippen LogP contribution in [0.5, 0.6) is 0 Å². The van der Waals surface area contributed by atoms with Gasteiger partial charge in [-0.2, -0.15) is 12.7 Å². The first-order valence-electron chi connectivity index (χ1n) is 5.12. The van der Waals surface area contributed by atoms with Gasteiger partial charge < -0.3 is 5.32 Å². The van der Waals surface area contributed by atoms with E-state index in [0.29, 0.717) is 19.0 Å². The molecule has 0 radical (unpaired) electrons. The lowest BCUT2D eigenvalue weighted by molar-refractivity contribution is 0.377. The smallest absolute Gasteiger partial charge is 0.279 e. The van der Waals surface area contributed by atoms with Crippen molar-refractivity contribution in [2.45, 2.75) is 19.4 Å². The highest BCUT2D eigenvalue weighted by molar-refractivity contribution is 7.87. The minimum absolute atomic E-state index is 0.180. The molecule has 2 fully saturated rings. The molecule has 2 N–H and O–H groups in total. The number of nitrogens with one attached hydrogen (secondary N) is 2. The van der Waals surface area contributed by atoms with E-state index >= 15 is 0 Å². The predicted molar refractivity (Wildman–Crippen MR) is 54.1 cm³/mol. The zero-order valence-electron chi connectivity index (χ0n) is 8.36. The van der Waals surface area contributed by atoms with Crippen molar-refractivity contribution in [2.24, 2.45) is 5.92 Å². The summed E-state index contributed by atoms with van der Waals surface area (Å²) in [6, 6.07) is 0.180. The molecule has 2 aliphatic rings. The molecule has 2 atom stereocenters. The van der Waals surface area contributed by atoms with Gasteiger partial charge in [-0.15, -0.1) is 0 Å². The van der Waals surface area contributed by atoms with Crippen LogP contribution in [-0.4, -0.2) is 44.9 Å². The highest BCUT2D eigenvalue weighted by atomic mass is 32.2. The van der Waals surface area contributed by atoms with Crippen molar-refractivity contribution in [3.05, 3.63) is 0 Å². The van der Waals surface area contributed by atoms with Crippen LogP contribution in [0.2, 0.25) is 0 Å². The Morgan fingerprint density at radius 2 is 2.29 bits per heavy atom. The van der Waals surface area contributed by atoms with Crippen molar-refractivity contribution in [3.63, 3.8) is 0 Å². The lowest BCUT2D eigenvalue weighted by atomic mass is 10.1. The summed E-state index contributed by atoms with van der Waals surface area (Å²) in [7, 11) is -3.22. The molecule has 0 amide bonds. The van der Waals surface area contributed by atoms with Crippen LogP contribution < -0.4 is 10.0 Å². The molecule has 0 aromatic carbocycles. The lowest BCUT2D eigenvalue weighted by Crippen LogP contribution is -2.45. The van der Waals surface area contributed by atoms with Crippen molar-refractivity contribution in [1.29, 1.82) is 0 Å². The second-order valence-corrected chi connectivity index (χ2v) is 5.60. The molecule has 2 rings (SSSR count). The Hall–Kier alpha value is -0.170. The SMILES string of the molecule is CCNS(=O)(=O)N1CC[C@H]2CNC[C@H]21. The van der Waals surface area contributed by atoms with Gasteiger partial charge in [0.25, 0.3) is 10.2 Å². The van der Waals surface area contributed by atoms with Crippen molar-refractivity contribution in [2.75, 3.05) is 26.2 Å². The first-order valence-corrected chi connectivity index (χ1v) is 6.56. The maximum atomic E-state index is 11.8. The van der Waals surface area contributed by atoms with E-state index in [-0.39, 0.29) is 6.04 Å². The molecule has 14 heavy (non-hydrogen) atoms. The summed E-state index contributed by atoms with van der Waals surface area (Å²) in [6.07, 6.45) is 0.988. The second-order valence-electron chi connectivity index (χ2n) is 3.89. The monoisotopic (exact) mass is 219 g/mol. The van der Waals surface area contributed by atoms with E-state index in [4.69, 9.17) is 0 Å². The van der Waals surface area contributed by atoms with Gasteiger partial charge in [0.15, 0.2) is 0 Å². The quantitative estimate of drug-likeness (QED) is 0.649. The largest absolute Gasteiger partial charge is 0.315 e. The molecule has 0 bridgehead atoms. The molecule has 82 valence electrons.